The Morgan fingerprint density at radius 2 is 1.79 bits per heavy atom. The summed E-state index contributed by atoms with van der Waals surface area (Å²) in [4.78, 5) is 49.7. The Kier molecular flexibility index (Phi) is 13.9. The highest BCUT2D eigenvalue weighted by Crippen LogP contribution is 2.08. The SMILES string of the molecule is CCOC(=O)/C=C/C(=O)N(CCCCN)NC(=O)C(CC(C)C)NC(=O)CCc1ccccc1. The number of carbonyl (C=O) groups excluding carboxylic acids is 4. The lowest BCUT2D eigenvalue weighted by atomic mass is 10.0. The molecule has 0 spiro atoms. The molecule has 1 unspecified atom stereocenters. The van der Waals surface area contributed by atoms with E-state index in [2.05, 4.69) is 10.7 Å². The molecule has 188 valence electrons. The van der Waals surface area contributed by atoms with Crippen LogP contribution in [0.1, 0.15) is 52.0 Å². The number of esters is 1. The van der Waals surface area contributed by atoms with Crippen molar-refractivity contribution in [2.45, 2.75) is 58.9 Å². The van der Waals surface area contributed by atoms with E-state index < -0.39 is 23.8 Å². The fourth-order valence-electron chi connectivity index (χ4n) is 3.14. The summed E-state index contributed by atoms with van der Waals surface area (Å²) >= 11 is 0. The number of nitrogens with one attached hydrogen (secondary N) is 2. The zero-order valence-corrected chi connectivity index (χ0v) is 20.4. The maximum absolute atomic E-state index is 13.0. The van der Waals surface area contributed by atoms with Crippen LogP contribution in [0.5, 0.6) is 0 Å². The number of carbonyl (C=O) groups is 4. The van der Waals surface area contributed by atoms with Gasteiger partial charge in [-0.3, -0.25) is 24.8 Å². The lowest BCUT2D eigenvalue weighted by Gasteiger charge is -2.26. The molecule has 1 rings (SSSR count). The number of aryl methyl sites for hydroxylation is 1. The number of hydrogen-bond acceptors (Lipinski definition) is 6. The maximum atomic E-state index is 13.0. The molecule has 0 aliphatic rings. The number of amides is 3. The van der Waals surface area contributed by atoms with Crippen molar-refractivity contribution in [3.63, 3.8) is 0 Å². The average molecular weight is 475 g/mol. The van der Waals surface area contributed by atoms with Gasteiger partial charge >= 0.3 is 5.97 Å². The predicted molar refractivity (Wildman–Crippen MR) is 130 cm³/mol. The summed E-state index contributed by atoms with van der Waals surface area (Å²) < 4.78 is 4.78. The molecule has 9 nitrogen and oxygen atoms in total. The van der Waals surface area contributed by atoms with Gasteiger partial charge in [0.2, 0.25) is 5.91 Å². The van der Waals surface area contributed by atoms with Crippen LogP contribution in [0.2, 0.25) is 0 Å². The standard InChI is InChI=1S/C25H38N4O5/c1-4-34-24(32)15-14-23(31)29(17-9-8-16-26)28-25(33)21(18-19(2)3)27-22(30)13-12-20-10-6-5-7-11-20/h5-7,10-11,14-15,19,21H,4,8-9,12-13,16-18,26H2,1-3H3,(H,27,30)(H,28,33)/b15-14+. The third kappa shape index (κ3) is 12.2. The van der Waals surface area contributed by atoms with Gasteiger partial charge < -0.3 is 15.8 Å². The van der Waals surface area contributed by atoms with Crippen molar-refractivity contribution in [3.05, 3.63) is 48.0 Å². The minimum atomic E-state index is -0.804. The van der Waals surface area contributed by atoms with Gasteiger partial charge in [-0.1, -0.05) is 44.2 Å². The quantitative estimate of drug-likeness (QED) is 0.163. The van der Waals surface area contributed by atoms with Gasteiger partial charge in [0, 0.05) is 25.1 Å². The highest BCUT2D eigenvalue weighted by Gasteiger charge is 2.25. The van der Waals surface area contributed by atoms with Crippen LogP contribution in [0.4, 0.5) is 0 Å². The smallest absolute Gasteiger partial charge is 0.330 e. The van der Waals surface area contributed by atoms with Crippen LogP contribution in [0, 0.1) is 5.92 Å². The summed E-state index contributed by atoms with van der Waals surface area (Å²) in [5.74, 6) is -1.82. The third-order valence-corrected chi connectivity index (χ3v) is 4.84. The van der Waals surface area contributed by atoms with Gasteiger partial charge in [-0.15, -0.1) is 0 Å². The van der Waals surface area contributed by atoms with Gasteiger partial charge in [-0.2, -0.15) is 0 Å². The van der Waals surface area contributed by atoms with E-state index in [0.717, 1.165) is 22.7 Å². The molecule has 0 heterocycles. The first-order valence-electron chi connectivity index (χ1n) is 11.8. The molecule has 9 heteroatoms. The summed E-state index contributed by atoms with van der Waals surface area (Å²) in [6.45, 7) is 6.41. The number of nitrogens with zero attached hydrogens (tertiary/aromatic N) is 1. The zero-order valence-electron chi connectivity index (χ0n) is 20.4. The third-order valence-electron chi connectivity index (χ3n) is 4.84. The Balaban J connectivity index is 2.82. The molecule has 1 atom stereocenters. The van der Waals surface area contributed by atoms with E-state index in [1.165, 1.54) is 0 Å². The summed E-state index contributed by atoms with van der Waals surface area (Å²) in [7, 11) is 0. The lowest BCUT2D eigenvalue weighted by Crippen LogP contribution is -2.54. The number of nitrogens with two attached hydrogens (primary N) is 1. The molecule has 4 N–H and O–H groups in total. The fourth-order valence-corrected chi connectivity index (χ4v) is 3.14. The number of hydrazine groups is 1. The number of ether oxygens (including phenoxy) is 1. The molecule has 0 radical (unpaired) electrons. The molecule has 0 saturated carbocycles. The molecule has 1 aromatic carbocycles. The van der Waals surface area contributed by atoms with Crippen LogP contribution >= 0.6 is 0 Å². The molecule has 0 fully saturated rings. The van der Waals surface area contributed by atoms with E-state index in [9.17, 15) is 19.2 Å². The monoisotopic (exact) mass is 474 g/mol. The molecule has 0 aliphatic heterocycles. The zero-order chi connectivity index (χ0) is 25.3. The second-order valence-corrected chi connectivity index (χ2v) is 8.28. The molecule has 0 aromatic heterocycles. The lowest BCUT2D eigenvalue weighted by molar-refractivity contribution is -0.140. The first-order chi connectivity index (χ1) is 16.3. The van der Waals surface area contributed by atoms with Crippen molar-refractivity contribution in [1.82, 2.24) is 15.8 Å². The van der Waals surface area contributed by atoms with Gasteiger partial charge in [0.05, 0.1) is 6.61 Å². The normalized spacial score (nSPS) is 11.8. The Bertz CT molecular complexity index is 811. The molecule has 1 aromatic rings. The van der Waals surface area contributed by atoms with Gasteiger partial charge in [-0.25, -0.2) is 4.79 Å². The minimum absolute atomic E-state index is 0.135. The van der Waals surface area contributed by atoms with Crippen molar-refractivity contribution >= 4 is 23.7 Å². The van der Waals surface area contributed by atoms with Gasteiger partial charge in [-0.05, 0) is 50.6 Å². The molecule has 0 bridgehead atoms. The molecule has 0 aliphatic carbocycles. The van der Waals surface area contributed by atoms with E-state index in [4.69, 9.17) is 10.5 Å². The molecular weight excluding hydrogens is 436 g/mol. The van der Waals surface area contributed by atoms with Gasteiger partial charge in [0.25, 0.3) is 11.8 Å². The maximum Gasteiger partial charge on any atom is 0.330 e. The van der Waals surface area contributed by atoms with Crippen LogP contribution in [-0.4, -0.2) is 54.4 Å². The molecule has 3 amide bonds. The van der Waals surface area contributed by atoms with Crippen LogP contribution in [0.15, 0.2) is 42.5 Å². The highest BCUT2D eigenvalue weighted by molar-refractivity contribution is 5.96. The van der Waals surface area contributed by atoms with Crippen molar-refractivity contribution in [1.29, 1.82) is 0 Å². The van der Waals surface area contributed by atoms with Crippen LogP contribution in [0.3, 0.4) is 0 Å². The first kappa shape index (κ1) is 28.8. The molecular formula is C25H38N4O5. The summed E-state index contributed by atoms with van der Waals surface area (Å²) in [6.07, 6.45) is 4.51. The number of rotatable bonds is 14. The second kappa shape index (κ2) is 16.4. The van der Waals surface area contributed by atoms with Crippen LogP contribution in [0.25, 0.3) is 0 Å². The second-order valence-electron chi connectivity index (χ2n) is 8.28. The van der Waals surface area contributed by atoms with Gasteiger partial charge in [0.1, 0.15) is 6.04 Å². The van der Waals surface area contributed by atoms with Gasteiger partial charge in [0.15, 0.2) is 0 Å². The Labute approximate surface area is 202 Å². The van der Waals surface area contributed by atoms with Crippen molar-refractivity contribution < 1.29 is 23.9 Å². The van der Waals surface area contributed by atoms with E-state index in [0.29, 0.717) is 32.2 Å². The summed E-state index contributed by atoms with van der Waals surface area (Å²) in [6, 6.07) is 8.82. The minimum Gasteiger partial charge on any atom is -0.463 e. The van der Waals surface area contributed by atoms with E-state index in [-0.39, 0.29) is 31.4 Å². The van der Waals surface area contributed by atoms with E-state index in [1.54, 1.807) is 6.92 Å². The largest absolute Gasteiger partial charge is 0.463 e. The van der Waals surface area contributed by atoms with Crippen LogP contribution in [-0.2, 0) is 30.3 Å². The Morgan fingerprint density at radius 1 is 1.09 bits per heavy atom. The highest BCUT2D eigenvalue weighted by atomic mass is 16.5. The summed E-state index contributed by atoms with van der Waals surface area (Å²) in [5.41, 5.74) is 9.18. The van der Waals surface area contributed by atoms with Crippen LogP contribution < -0.4 is 16.5 Å². The summed E-state index contributed by atoms with van der Waals surface area (Å²) in [5, 5.41) is 3.93. The average Bonchev–Trinajstić information content (AvgIpc) is 2.80. The van der Waals surface area contributed by atoms with E-state index in [1.807, 2.05) is 44.2 Å². The topological polar surface area (TPSA) is 131 Å². The van der Waals surface area contributed by atoms with Crippen molar-refractivity contribution in [2.75, 3.05) is 19.7 Å². The predicted octanol–water partition coefficient (Wildman–Crippen LogP) is 1.87. The fraction of sp³-hybridized carbons (Fsp3) is 0.520. The molecule has 0 saturated heterocycles. The number of unbranched alkanes of at least 4 members (excludes halogenated alkanes) is 1. The molecule has 34 heavy (non-hydrogen) atoms. The Hall–Kier alpha value is -3.20. The number of benzene rings is 1. The first-order valence-corrected chi connectivity index (χ1v) is 11.8. The van der Waals surface area contributed by atoms with Crippen molar-refractivity contribution in [3.8, 4) is 0 Å². The number of hydrogen-bond donors (Lipinski definition) is 3. The van der Waals surface area contributed by atoms with Crippen molar-refractivity contribution in [2.24, 2.45) is 11.7 Å². The Morgan fingerprint density at radius 3 is 2.41 bits per heavy atom. The van der Waals surface area contributed by atoms with E-state index >= 15 is 0 Å².